The van der Waals surface area contributed by atoms with Crippen molar-refractivity contribution in [3.8, 4) is 11.5 Å². The van der Waals surface area contributed by atoms with Gasteiger partial charge >= 0.3 is 0 Å². The van der Waals surface area contributed by atoms with Crippen LogP contribution in [-0.4, -0.2) is 53.1 Å². The van der Waals surface area contributed by atoms with Crippen molar-refractivity contribution in [2.45, 2.75) is 56.0 Å². The molecule has 8 nitrogen and oxygen atoms in total. The van der Waals surface area contributed by atoms with Gasteiger partial charge in [-0.25, -0.2) is 13.1 Å². The molecule has 2 N–H and O–H groups in total. The zero-order valence-corrected chi connectivity index (χ0v) is 21.0. The number of carbonyl (C=O) groups excluding carboxylic acids is 1. The van der Waals surface area contributed by atoms with E-state index >= 15 is 0 Å². The molecule has 0 aromatic heterocycles. The van der Waals surface area contributed by atoms with Crippen LogP contribution in [0.25, 0.3) is 0 Å². The van der Waals surface area contributed by atoms with Gasteiger partial charge < -0.3 is 14.8 Å². The Morgan fingerprint density at radius 2 is 1.74 bits per heavy atom. The number of ether oxygens (including phenoxy) is 2. The largest absolute Gasteiger partial charge is 0.493 e. The van der Waals surface area contributed by atoms with Gasteiger partial charge in [0.2, 0.25) is 15.9 Å². The van der Waals surface area contributed by atoms with E-state index in [1.807, 2.05) is 24.3 Å². The maximum absolute atomic E-state index is 12.6. The molecule has 0 heterocycles. The first-order valence-corrected chi connectivity index (χ1v) is 13.1. The second-order valence-electron chi connectivity index (χ2n) is 8.58. The molecule has 186 valence electrons. The molecule has 0 atom stereocenters. The number of anilines is 1. The Kier molecular flexibility index (Phi) is 9.32. The number of benzene rings is 2. The van der Waals surface area contributed by atoms with E-state index in [0.717, 1.165) is 17.8 Å². The molecule has 0 radical (unpaired) electrons. The van der Waals surface area contributed by atoms with Crippen molar-refractivity contribution in [1.29, 1.82) is 0 Å². The highest BCUT2D eigenvalue weighted by Crippen LogP contribution is 2.29. The van der Waals surface area contributed by atoms with Crippen LogP contribution in [0.1, 0.15) is 44.1 Å². The number of amides is 1. The Labute approximate surface area is 202 Å². The minimum Gasteiger partial charge on any atom is -0.493 e. The van der Waals surface area contributed by atoms with E-state index < -0.39 is 10.0 Å². The number of carbonyl (C=O) groups is 1. The number of para-hydroxylation sites is 1. The molecule has 0 bridgehead atoms. The van der Waals surface area contributed by atoms with Crippen LogP contribution >= 0.6 is 0 Å². The number of rotatable bonds is 11. The van der Waals surface area contributed by atoms with Crippen molar-refractivity contribution in [1.82, 2.24) is 9.62 Å². The number of hydrogen-bond acceptors (Lipinski definition) is 6. The summed E-state index contributed by atoms with van der Waals surface area (Å²) >= 11 is 0. The molecule has 1 aliphatic rings. The summed E-state index contributed by atoms with van der Waals surface area (Å²) in [7, 11) is 1.26. The third-order valence-corrected chi connectivity index (χ3v) is 7.68. The number of methoxy groups -OCH3 is 2. The molecule has 34 heavy (non-hydrogen) atoms. The minimum absolute atomic E-state index is 0.0132. The highest BCUT2D eigenvalue weighted by Gasteiger charge is 2.20. The van der Waals surface area contributed by atoms with E-state index in [1.165, 1.54) is 64.5 Å². The molecule has 0 spiro atoms. The normalized spacial score (nSPS) is 14.7. The molecule has 2 aromatic rings. The average molecular weight is 490 g/mol. The SMILES string of the molecule is COc1ccc(S(=O)(=O)NCCC(=O)Nc2ccccc2CN(C)C2CCCCC2)cc1OC. The second kappa shape index (κ2) is 12.2. The first kappa shape index (κ1) is 26.0. The van der Waals surface area contributed by atoms with Crippen LogP contribution in [0.5, 0.6) is 11.5 Å². The van der Waals surface area contributed by atoms with Crippen LogP contribution in [0.4, 0.5) is 5.69 Å². The van der Waals surface area contributed by atoms with Gasteiger partial charge in [0.1, 0.15) is 0 Å². The van der Waals surface area contributed by atoms with E-state index in [2.05, 4.69) is 22.0 Å². The van der Waals surface area contributed by atoms with Crippen LogP contribution in [0, 0.1) is 0 Å². The monoisotopic (exact) mass is 489 g/mol. The van der Waals surface area contributed by atoms with Gasteiger partial charge in [-0.1, -0.05) is 37.5 Å². The Morgan fingerprint density at radius 3 is 2.44 bits per heavy atom. The molecule has 2 aromatic carbocycles. The van der Waals surface area contributed by atoms with Gasteiger partial charge in [0.15, 0.2) is 11.5 Å². The Morgan fingerprint density at radius 1 is 1.03 bits per heavy atom. The first-order chi connectivity index (χ1) is 16.3. The Balaban J connectivity index is 1.55. The molecule has 1 saturated carbocycles. The molecule has 0 aliphatic heterocycles. The van der Waals surface area contributed by atoms with E-state index in [1.54, 1.807) is 0 Å². The topological polar surface area (TPSA) is 97.0 Å². The molecule has 0 unspecified atom stereocenters. The summed E-state index contributed by atoms with van der Waals surface area (Å²) in [6.45, 7) is 0.736. The molecular formula is C25H35N3O5S. The second-order valence-corrected chi connectivity index (χ2v) is 10.3. The quantitative estimate of drug-likeness (QED) is 0.499. The summed E-state index contributed by atoms with van der Waals surface area (Å²) in [5.41, 5.74) is 1.81. The Hall–Kier alpha value is -2.62. The van der Waals surface area contributed by atoms with Gasteiger partial charge in [0.05, 0.1) is 19.1 Å². The van der Waals surface area contributed by atoms with E-state index in [9.17, 15) is 13.2 Å². The van der Waals surface area contributed by atoms with Crippen molar-refractivity contribution in [2.75, 3.05) is 33.1 Å². The third kappa shape index (κ3) is 6.94. The number of hydrogen-bond donors (Lipinski definition) is 2. The van der Waals surface area contributed by atoms with Crippen molar-refractivity contribution < 1.29 is 22.7 Å². The van der Waals surface area contributed by atoms with E-state index in [-0.39, 0.29) is 23.8 Å². The Bertz CT molecular complexity index is 1070. The van der Waals surface area contributed by atoms with Gasteiger partial charge in [-0.05, 0) is 43.7 Å². The summed E-state index contributed by atoms with van der Waals surface area (Å²) in [6.07, 6.45) is 6.29. The summed E-state index contributed by atoms with van der Waals surface area (Å²) in [6, 6.07) is 12.7. The summed E-state index contributed by atoms with van der Waals surface area (Å²) in [4.78, 5) is 15.0. The maximum Gasteiger partial charge on any atom is 0.240 e. The summed E-state index contributed by atoms with van der Waals surface area (Å²) in [5.74, 6) is 0.509. The lowest BCUT2D eigenvalue weighted by Gasteiger charge is -2.31. The fraction of sp³-hybridized carbons (Fsp3) is 0.480. The van der Waals surface area contributed by atoms with E-state index in [0.29, 0.717) is 17.5 Å². The lowest BCUT2D eigenvalue weighted by molar-refractivity contribution is -0.116. The van der Waals surface area contributed by atoms with Crippen LogP contribution in [0.15, 0.2) is 47.4 Å². The number of nitrogens with zero attached hydrogens (tertiary/aromatic N) is 1. The maximum atomic E-state index is 12.6. The van der Waals surface area contributed by atoms with Crippen molar-refractivity contribution >= 4 is 21.6 Å². The molecule has 0 saturated heterocycles. The predicted molar refractivity (Wildman–Crippen MR) is 133 cm³/mol. The average Bonchev–Trinajstić information content (AvgIpc) is 2.85. The third-order valence-electron chi connectivity index (χ3n) is 6.22. The van der Waals surface area contributed by atoms with Gasteiger partial charge in [0.25, 0.3) is 0 Å². The zero-order chi connectivity index (χ0) is 24.6. The molecule has 9 heteroatoms. The number of nitrogens with one attached hydrogen (secondary N) is 2. The van der Waals surface area contributed by atoms with Crippen LogP contribution in [-0.2, 0) is 21.4 Å². The number of sulfonamides is 1. The summed E-state index contributed by atoms with van der Waals surface area (Å²) in [5, 5.41) is 2.94. The fourth-order valence-corrected chi connectivity index (χ4v) is 5.33. The molecule has 1 fully saturated rings. The smallest absolute Gasteiger partial charge is 0.240 e. The molecule has 3 rings (SSSR count). The zero-order valence-electron chi connectivity index (χ0n) is 20.2. The lowest BCUT2D eigenvalue weighted by atomic mass is 9.94. The molecule has 1 aliphatic carbocycles. The van der Waals surface area contributed by atoms with Crippen molar-refractivity contribution in [3.05, 3.63) is 48.0 Å². The van der Waals surface area contributed by atoms with Gasteiger partial charge in [-0.15, -0.1) is 0 Å². The molecule has 1 amide bonds. The lowest BCUT2D eigenvalue weighted by Crippen LogP contribution is -2.33. The van der Waals surface area contributed by atoms with Gasteiger partial charge in [0, 0.05) is 37.3 Å². The van der Waals surface area contributed by atoms with Crippen LogP contribution in [0.2, 0.25) is 0 Å². The first-order valence-electron chi connectivity index (χ1n) is 11.6. The van der Waals surface area contributed by atoms with Gasteiger partial charge in [-0.2, -0.15) is 0 Å². The van der Waals surface area contributed by atoms with Crippen molar-refractivity contribution in [3.63, 3.8) is 0 Å². The van der Waals surface area contributed by atoms with E-state index in [4.69, 9.17) is 9.47 Å². The molecular weight excluding hydrogens is 454 g/mol. The minimum atomic E-state index is -3.80. The van der Waals surface area contributed by atoms with Crippen LogP contribution < -0.4 is 19.5 Å². The summed E-state index contributed by atoms with van der Waals surface area (Å²) < 4.78 is 38.0. The highest BCUT2D eigenvalue weighted by atomic mass is 32.2. The standard InChI is InChI=1S/C25H35N3O5S/c1-28(20-10-5-4-6-11-20)18-19-9-7-8-12-22(19)27-25(29)15-16-26-34(30,31)21-13-14-23(32-2)24(17-21)33-3/h7-9,12-14,17,20,26H,4-6,10-11,15-16,18H2,1-3H3,(H,27,29). The van der Waals surface area contributed by atoms with Gasteiger partial charge in [-0.3, -0.25) is 9.69 Å². The highest BCUT2D eigenvalue weighted by molar-refractivity contribution is 7.89. The van der Waals surface area contributed by atoms with Crippen molar-refractivity contribution in [2.24, 2.45) is 0 Å². The van der Waals surface area contributed by atoms with Crippen LogP contribution in [0.3, 0.4) is 0 Å². The fourth-order valence-electron chi connectivity index (χ4n) is 4.28. The predicted octanol–water partition coefficient (Wildman–Crippen LogP) is 3.78.